The van der Waals surface area contributed by atoms with Crippen molar-refractivity contribution in [2.24, 2.45) is 0 Å². The molecule has 2 aromatic rings. The molecule has 26 heavy (non-hydrogen) atoms. The van der Waals surface area contributed by atoms with Crippen LogP contribution >= 0.6 is 0 Å². The number of benzene rings is 1. The first-order chi connectivity index (χ1) is 12.3. The molecule has 1 fully saturated rings. The highest BCUT2D eigenvalue weighted by atomic mass is 32.2. The molecule has 1 aromatic heterocycles. The summed E-state index contributed by atoms with van der Waals surface area (Å²) in [5.41, 5.74) is 3.11. The number of aromatic nitrogens is 2. The van der Waals surface area contributed by atoms with Crippen LogP contribution in [0.4, 0.5) is 11.6 Å². The van der Waals surface area contributed by atoms with Crippen LogP contribution in [0, 0.1) is 13.8 Å². The van der Waals surface area contributed by atoms with Gasteiger partial charge in [-0.3, -0.25) is 4.79 Å². The first kappa shape index (κ1) is 18.3. The zero-order chi connectivity index (χ0) is 18.9. The van der Waals surface area contributed by atoms with Crippen LogP contribution in [0.15, 0.2) is 30.6 Å². The molecule has 1 saturated heterocycles. The van der Waals surface area contributed by atoms with Crippen molar-refractivity contribution in [1.29, 1.82) is 0 Å². The van der Waals surface area contributed by atoms with Gasteiger partial charge >= 0.3 is 0 Å². The molecule has 1 aliphatic heterocycles. The normalized spacial score (nSPS) is 18.5. The van der Waals surface area contributed by atoms with E-state index < -0.39 is 9.84 Å². The lowest BCUT2D eigenvalue weighted by atomic mass is 10.1. The minimum absolute atomic E-state index is 0.113. The Morgan fingerprint density at radius 1 is 1.19 bits per heavy atom. The molecule has 1 atom stereocenters. The molecule has 0 bridgehead atoms. The summed E-state index contributed by atoms with van der Waals surface area (Å²) in [6.07, 6.45) is 3.49. The van der Waals surface area contributed by atoms with E-state index in [1.807, 2.05) is 32.0 Å². The number of nitrogens with zero attached hydrogens (tertiary/aromatic N) is 3. The Hall–Kier alpha value is -2.48. The minimum Gasteiger partial charge on any atom is -0.340 e. The van der Waals surface area contributed by atoms with Gasteiger partial charge in [0.1, 0.15) is 0 Å². The summed E-state index contributed by atoms with van der Waals surface area (Å²) >= 11 is 0. The molecule has 0 aliphatic carbocycles. The van der Waals surface area contributed by atoms with Gasteiger partial charge < -0.3 is 10.2 Å². The number of amides is 1. The van der Waals surface area contributed by atoms with Gasteiger partial charge in [-0.05, 0) is 31.4 Å². The predicted octanol–water partition coefficient (Wildman–Crippen LogP) is 1.97. The molecule has 1 aliphatic rings. The molecular weight excluding hydrogens is 352 g/mol. The lowest BCUT2D eigenvalue weighted by Gasteiger charge is -2.23. The summed E-state index contributed by atoms with van der Waals surface area (Å²) < 4.78 is 23.3. The Labute approximate surface area is 153 Å². The third kappa shape index (κ3) is 3.85. The highest BCUT2D eigenvalue weighted by Gasteiger charge is 2.31. The molecule has 3 rings (SSSR count). The van der Waals surface area contributed by atoms with Crippen LogP contribution in [-0.4, -0.2) is 48.9 Å². The van der Waals surface area contributed by atoms with Crippen LogP contribution < -0.4 is 10.2 Å². The summed E-state index contributed by atoms with van der Waals surface area (Å²) in [6, 6.07) is 5.69. The predicted molar refractivity (Wildman–Crippen MR) is 101 cm³/mol. The SMILES string of the molecule is Cc1cccc(C)c1NC(=O)c1cnc(N(C)C2CCS(=O)(=O)C2)nc1. The van der Waals surface area contributed by atoms with Gasteiger partial charge in [0.05, 0.1) is 17.1 Å². The number of sulfone groups is 1. The van der Waals surface area contributed by atoms with Gasteiger partial charge in [0.25, 0.3) is 5.91 Å². The van der Waals surface area contributed by atoms with Crippen molar-refractivity contribution in [2.75, 3.05) is 28.8 Å². The maximum atomic E-state index is 12.5. The second-order valence-corrected chi connectivity index (χ2v) is 8.89. The molecule has 0 saturated carbocycles. The molecule has 7 nitrogen and oxygen atoms in total. The van der Waals surface area contributed by atoms with Gasteiger partial charge in [0, 0.05) is 31.2 Å². The topological polar surface area (TPSA) is 92.3 Å². The van der Waals surface area contributed by atoms with E-state index in [9.17, 15) is 13.2 Å². The summed E-state index contributed by atoms with van der Waals surface area (Å²) in [7, 11) is -1.20. The summed E-state index contributed by atoms with van der Waals surface area (Å²) in [5, 5.41) is 2.90. The maximum absolute atomic E-state index is 12.5. The maximum Gasteiger partial charge on any atom is 0.258 e. The lowest BCUT2D eigenvalue weighted by Crippen LogP contribution is -2.34. The summed E-state index contributed by atoms with van der Waals surface area (Å²) in [5.74, 6) is 0.440. The van der Waals surface area contributed by atoms with E-state index in [-0.39, 0.29) is 23.5 Å². The van der Waals surface area contributed by atoms with E-state index >= 15 is 0 Å². The zero-order valence-corrected chi connectivity index (χ0v) is 15.9. The van der Waals surface area contributed by atoms with Crippen LogP contribution in [0.2, 0.25) is 0 Å². The fourth-order valence-corrected chi connectivity index (χ4v) is 4.84. The average Bonchev–Trinajstić information content (AvgIpc) is 2.97. The van der Waals surface area contributed by atoms with Gasteiger partial charge in [-0.1, -0.05) is 18.2 Å². The van der Waals surface area contributed by atoms with E-state index in [0.717, 1.165) is 16.8 Å². The van der Waals surface area contributed by atoms with Crippen LogP contribution in [0.3, 0.4) is 0 Å². The van der Waals surface area contributed by atoms with Gasteiger partial charge in [-0.2, -0.15) is 0 Å². The Kier molecular flexibility index (Phi) is 4.95. The first-order valence-corrected chi connectivity index (χ1v) is 10.2. The van der Waals surface area contributed by atoms with E-state index in [1.165, 1.54) is 12.4 Å². The van der Waals surface area contributed by atoms with Crippen LogP contribution in [0.1, 0.15) is 27.9 Å². The number of anilines is 2. The summed E-state index contributed by atoms with van der Waals surface area (Å²) in [6.45, 7) is 3.87. The molecule has 2 heterocycles. The number of hydrogen-bond acceptors (Lipinski definition) is 6. The second kappa shape index (κ2) is 7.03. The van der Waals surface area contributed by atoms with E-state index in [2.05, 4.69) is 15.3 Å². The van der Waals surface area contributed by atoms with Gasteiger partial charge in [0.2, 0.25) is 5.95 Å². The quantitative estimate of drug-likeness (QED) is 0.880. The molecule has 1 N–H and O–H groups in total. The Morgan fingerprint density at radius 2 is 1.81 bits per heavy atom. The smallest absolute Gasteiger partial charge is 0.258 e. The van der Waals surface area contributed by atoms with Crippen molar-refractivity contribution in [3.8, 4) is 0 Å². The molecular formula is C18H22N4O3S. The van der Waals surface area contributed by atoms with Crippen molar-refractivity contribution in [2.45, 2.75) is 26.3 Å². The van der Waals surface area contributed by atoms with E-state index in [1.54, 1.807) is 11.9 Å². The molecule has 1 aromatic carbocycles. The molecule has 138 valence electrons. The Morgan fingerprint density at radius 3 is 2.35 bits per heavy atom. The van der Waals surface area contributed by atoms with Crippen molar-refractivity contribution in [1.82, 2.24) is 9.97 Å². The third-order valence-electron chi connectivity index (χ3n) is 4.69. The number of carbonyl (C=O) groups is 1. The van der Waals surface area contributed by atoms with Crippen molar-refractivity contribution in [3.05, 3.63) is 47.3 Å². The zero-order valence-electron chi connectivity index (χ0n) is 15.1. The number of nitrogens with one attached hydrogen (secondary N) is 1. The number of rotatable bonds is 4. The van der Waals surface area contributed by atoms with Gasteiger partial charge in [-0.25, -0.2) is 18.4 Å². The largest absolute Gasteiger partial charge is 0.340 e. The second-order valence-electron chi connectivity index (χ2n) is 6.66. The highest BCUT2D eigenvalue weighted by Crippen LogP contribution is 2.22. The van der Waals surface area contributed by atoms with Crippen LogP contribution in [-0.2, 0) is 9.84 Å². The van der Waals surface area contributed by atoms with Gasteiger partial charge in [-0.15, -0.1) is 0 Å². The number of aryl methyl sites for hydroxylation is 2. The Balaban J connectivity index is 1.72. The van der Waals surface area contributed by atoms with Crippen molar-refractivity contribution in [3.63, 3.8) is 0 Å². The average molecular weight is 374 g/mol. The molecule has 0 radical (unpaired) electrons. The monoisotopic (exact) mass is 374 g/mol. The van der Waals surface area contributed by atoms with Crippen LogP contribution in [0.5, 0.6) is 0 Å². The van der Waals surface area contributed by atoms with E-state index in [4.69, 9.17) is 0 Å². The van der Waals surface area contributed by atoms with Gasteiger partial charge in [0.15, 0.2) is 9.84 Å². The minimum atomic E-state index is -2.97. The Bertz CT molecular complexity index is 906. The molecule has 1 unspecified atom stereocenters. The third-order valence-corrected chi connectivity index (χ3v) is 6.44. The number of hydrogen-bond donors (Lipinski definition) is 1. The molecule has 0 spiro atoms. The fourth-order valence-electron chi connectivity index (χ4n) is 3.06. The first-order valence-electron chi connectivity index (χ1n) is 8.40. The summed E-state index contributed by atoms with van der Waals surface area (Å²) in [4.78, 5) is 22.7. The standard InChI is InChI=1S/C18H22N4O3S/c1-12-5-4-6-13(2)16(12)21-17(23)14-9-19-18(20-10-14)22(3)15-7-8-26(24,25)11-15/h4-6,9-10,15H,7-8,11H2,1-3H3,(H,21,23). The van der Waals surface area contributed by atoms with E-state index in [0.29, 0.717) is 17.9 Å². The molecule has 8 heteroatoms. The molecule has 1 amide bonds. The highest BCUT2D eigenvalue weighted by molar-refractivity contribution is 7.91. The number of para-hydroxylation sites is 1. The van der Waals surface area contributed by atoms with Crippen molar-refractivity contribution < 1.29 is 13.2 Å². The fraction of sp³-hybridized carbons (Fsp3) is 0.389. The lowest BCUT2D eigenvalue weighted by molar-refractivity contribution is 0.102. The van der Waals surface area contributed by atoms with Crippen LogP contribution in [0.25, 0.3) is 0 Å². The number of carbonyl (C=O) groups excluding carboxylic acids is 1. The van der Waals surface area contributed by atoms with Crippen molar-refractivity contribution >= 4 is 27.4 Å².